The highest BCUT2D eigenvalue weighted by atomic mass is 16.5. The van der Waals surface area contributed by atoms with E-state index in [-0.39, 0.29) is 23.5 Å². The number of nitrogens with zero attached hydrogens (tertiary/aromatic N) is 2. The number of benzene rings is 2. The van der Waals surface area contributed by atoms with Crippen molar-refractivity contribution in [1.29, 1.82) is 0 Å². The van der Waals surface area contributed by atoms with Crippen molar-refractivity contribution in [3.8, 4) is 11.5 Å². The molecule has 0 aromatic heterocycles. The third-order valence-corrected chi connectivity index (χ3v) is 6.28. The smallest absolute Gasteiger partial charge is 0.224 e. The van der Waals surface area contributed by atoms with E-state index < -0.39 is 0 Å². The van der Waals surface area contributed by atoms with Gasteiger partial charge in [-0.15, -0.1) is 0 Å². The number of carbonyl (C=O) groups is 3. The van der Waals surface area contributed by atoms with Crippen molar-refractivity contribution >= 4 is 17.6 Å². The van der Waals surface area contributed by atoms with Crippen molar-refractivity contribution in [2.45, 2.75) is 38.5 Å². The Morgan fingerprint density at radius 3 is 2.41 bits per heavy atom. The Kier molecular flexibility index (Phi) is 7.20. The van der Waals surface area contributed by atoms with Crippen molar-refractivity contribution in [1.82, 2.24) is 9.80 Å². The molecule has 2 aromatic rings. The van der Waals surface area contributed by atoms with Crippen molar-refractivity contribution in [3.63, 3.8) is 0 Å². The van der Waals surface area contributed by atoms with Gasteiger partial charge in [0.25, 0.3) is 0 Å². The average molecular weight is 435 g/mol. The highest BCUT2D eigenvalue weighted by Crippen LogP contribution is 2.25. The first kappa shape index (κ1) is 22.1. The number of para-hydroxylation sites is 1. The Balaban J connectivity index is 1.30. The van der Waals surface area contributed by atoms with Gasteiger partial charge >= 0.3 is 0 Å². The summed E-state index contributed by atoms with van der Waals surface area (Å²) >= 11 is 0. The van der Waals surface area contributed by atoms with Crippen LogP contribution in [0.1, 0.15) is 48.9 Å². The van der Waals surface area contributed by atoms with Crippen LogP contribution in [0.15, 0.2) is 54.6 Å². The SMILES string of the molecule is O=C(c1ccc(Oc2ccccc2)cc1)[C@H]1CCCN(C(=O)CCN2CCCCC2=O)C1. The first-order chi connectivity index (χ1) is 15.6. The molecule has 0 unspecified atom stereocenters. The summed E-state index contributed by atoms with van der Waals surface area (Å²) in [5.74, 6) is 1.49. The maximum absolute atomic E-state index is 13.1. The molecule has 2 aliphatic rings. The molecule has 2 amide bonds. The summed E-state index contributed by atoms with van der Waals surface area (Å²) in [6.07, 6.45) is 4.48. The Labute approximate surface area is 189 Å². The molecule has 32 heavy (non-hydrogen) atoms. The van der Waals surface area contributed by atoms with Gasteiger partial charge in [-0.1, -0.05) is 18.2 Å². The van der Waals surface area contributed by atoms with E-state index in [1.807, 2.05) is 42.5 Å². The summed E-state index contributed by atoms with van der Waals surface area (Å²) in [6, 6.07) is 16.7. The molecule has 0 saturated carbocycles. The maximum Gasteiger partial charge on any atom is 0.224 e. The summed E-state index contributed by atoms with van der Waals surface area (Å²) < 4.78 is 5.80. The highest BCUT2D eigenvalue weighted by molar-refractivity contribution is 5.98. The minimum absolute atomic E-state index is 0.0347. The molecule has 168 valence electrons. The van der Waals surface area contributed by atoms with Gasteiger partial charge in [0.05, 0.1) is 0 Å². The minimum atomic E-state index is -0.190. The van der Waals surface area contributed by atoms with E-state index in [1.165, 1.54) is 0 Å². The van der Waals surface area contributed by atoms with Gasteiger partial charge in [-0.3, -0.25) is 14.4 Å². The van der Waals surface area contributed by atoms with Crippen LogP contribution in [0.2, 0.25) is 0 Å². The minimum Gasteiger partial charge on any atom is -0.457 e. The van der Waals surface area contributed by atoms with Gasteiger partial charge in [0.2, 0.25) is 11.8 Å². The number of piperidine rings is 2. The van der Waals surface area contributed by atoms with Gasteiger partial charge in [0.1, 0.15) is 11.5 Å². The third-order valence-electron chi connectivity index (χ3n) is 6.28. The molecule has 0 spiro atoms. The zero-order valence-electron chi connectivity index (χ0n) is 18.4. The van der Waals surface area contributed by atoms with E-state index in [4.69, 9.17) is 4.74 Å². The van der Waals surface area contributed by atoms with Crippen molar-refractivity contribution in [2.24, 2.45) is 5.92 Å². The number of hydrogen-bond acceptors (Lipinski definition) is 4. The van der Waals surface area contributed by atoms with Gasteiger partial charge in [-0.25, -0.2) is 0 Å². The number of rotatable bonds is 7. The van der Waals surface area contributed by atoms with Gasteiger partial charge in [-0.2, -0.15) is 0 Å². The van der Waals surface area contributed by atoms with E-state index in [2.05, 4.69) is 0 Å². The van der Waals surface area contributed by atoms with Crippen molar-refractivity contribution in [2.75, 3.05) is 26.2 Å². The fraction of sp³-hybridized carbons (Fsp3) is 0.423. The summed E-state index contributed by atoms with van der Waals surface area (Å²) in [5.41, 5.74) is 0.642. The molecule has 1 atom stereocenters. The second-order valence-electron chi connectivity index (χ2n) is 8.57. The number of ether oxygens (including phenoxy) is 1. The molecule has 6 heteroatoms. The normalized spacial score (nSPS) is 19.0. The molecule has 0 radical (unpaired) electrons. The van der Waals surface area contributed by atoms with Crippen molar-refractivity contribution in [3.05, 3.63) is 60.2 Å². The second-order valence-corrected chi connectivity index (χ2v) is 8.57. The molecule has 6 nitrogen and oxygen atoms in total. The van der Waals surface area contributed by atoms with Crippen molar-refractivity contribution < 1.29 is 19.1 Å². The van der Waals surface area contributed by atoms with E-state index in [9.17, 15) is 14.4 Å². The molecule has 0 bridgehead atoms. The summed E-state index contributed by atoms with van der Waals surface area (Å²) in [6.45, 7) is 2.36. The molecule has 0 aliphatic carbocycles. The number of ketones is 1. The lowest BCUT2D eigenvalue weighted by molar-refractivity contribution is -0.136. The Morgan fingerprint density at radius 2 is 1.66 bits per heavy atom. The van der Waals surface area contributed by atoms with Gasteiger partial charge in [0, 0.05) is 50.5 Å². The zero-order valence-corrected chi connectivity index (χ0v) is 18.4. The van der Waals surface area contributed by atoms with Crippen LogP contribution in [0.4, 0.5) is 0 Å². The molecule has 2 aliphatic heterocycles. The van der Waals surface area contributed by atoms with Crippen LogP contribution in [0.25, 0.3) is 0 Å². The van der Waals surface area contributed by atoms with Crippen LogP contribution in [0.3, 0.4) is 0 Å². The number of hydrogen-bond donors (Lipinski definition) is 0. The van der Waals surface area contributed by atoms with Gasteiger partial charge in [0.15, 0.2) is 5.78 Å². The van der Waals surface area contributed by atoms with Crippen LogP contribution in [-0.2, 0) is 9.59 Å². The lowest BCUT2D eigenvalue weighted by Gasteiger charge is -2.33. The monoisotopic (exact) mass is 434 g/mol. The first-order valence-corrected chi connectivity index (χ1v) is 11.5. The Hall–Kier alpha value is -3.15. The van der Waals surface area contributed by atoms with Crippen LogP contribution in [0, 0.1) is 5.92 Å². The number of Topliss-reactive ketones (excluding diaryl/α,β-unsaturated/α-hetero) is 1. The number of carbonyl (C=O) groups excluding carboxylic acids is 3. The summed E-state index contributed by atoms with van der Waals surface area (Å²) in [7, 11) is 0. The van der Waals surface area contributed by atoms with E-state index in [0.717, 1.165) is 38.0 Å². The zero-order chi connectivity index (χ0) is 22.3. The third kappa shape index (κ3) is 5.55. The number of likely N-dealkylation sites (tertiary alicyclic amines) is 2. The van der Waals surface area contributed by atoms with Gasteiger partial charge < -0.3 is 14.5 Å². The summed E-state index contributed by atoms with van der Waals surface area (Å²) in [4.78, 5) is 41.3. The number of amides is 2. The lowest BCUT2D eigenvalue weighted by Crippen LogP contribution is -2.44. The van der Waals surface area contributed by atoms with Crippen LogP contribution in [-0.4, -0.2) is 53.6 Å². The van der Waals surface area contributed by atoms with Crippen LogP contribution < -0.4 is 4.74 Å². The standard InChI is InChI=1S/C26H30N2O4/c29-24-10-4-5-16-27(24)18-15-25(30)28-17-6-7-21(19-28)26(31)20-11-13-23(14-12-20)32-22-8-2-1-3-9-22/h1-3,8-9,11-14,21H,4-7,10,15-19H2/t21-/m0/s1. The first-order valence-electron chi connectivity index (χ1n) is 11.5. The molecule has 2 fully saturated rings. The molecule has 2 heterocycles. The fourth-order valence-electron chi connectivity index (χ4n) is 4.45. The van der Waals surface area contributed by atoms with E-state index in [0.29, 0.717) is 43.8 Å². The molecule has 2 aromatic carbocycles. The van der Waals surface area contributed by atoms with Crippen LogP contribution >= 0.6 is 0 Å². The Morgan fingerprint density at radius 1 is 0.906 bits per heavy atom. The molecular formula is C26H30N2O4. The Bertz CT molecular complexity index is 942. The van der Waals surface area contributed by atoms with Crippen LogP contribution in [0.5, 0.6) is 11.5 Å². The molecule has 2 saturated heterocycles. The predicted molar refractivity (Wildman–Crippen MR) is 122 cm³/mol. The topological polar surface area (TPSA) is 66.9 Å². The average Bonchev–Trinajstić information content (AvgIpc) is 2.84. The van der Waals surface area contributed by atoms with E-state index in [1.54, 1.807) is 21.9 Å². The largest absolute Gasteiger partial charge is 0.457 e. The molecule has 4 rings (SSSR count). The van der Waals surface area contributed by atoms with Gasteiger partial charge in [-0.05, 0) is 62.1 Å². The lowest BCUT2D eigenvalue weighted by atomic mass is 9.90. The predicted octanol–water partition coefficient (Wildman–Crippen LogP) is 4.30. The molecular weight excluding hydrogens is 404 g/mol. The van der Waals surface area contributed by atoms with E-state index >= 15 is 0 Å². The second kappa shape index (κ2) is 10.4. The summed E-state index contributed by atoms with van der Waals surface area (Å²) in [5, 5.41) is 0. The fourth-order valence-corrected chi connectivity index (χ4v) is 4.45. The molecule has 0 N–H and O–H groups in total. The maximum atomic E-state index is 13.1. The quantitative estimate of drug-likeness (QED) is 0.610. The highest BCUT2D eigenvalue weighted by Gasteiger charge is 2.29.